The lowest BCUT2D eigenvalue weighted by Gasteiger charge is -2.34. The first-order chi connectivity index (χ1) is 9.70. The van der Waals surface area contributed by atoms with Gasteiger partial charge in [-0.3, -0.25) is 0 Å². The second-order valence-corrected chi connectivity index (χ2v) is 6.10. The molecule has 2 heterocycles. The van der Waals surface area contributed by atoms with E-state index in [-0.39, 0.29) is 0 Å². The lowest BCUT2D eigenvalue weighted by atomic mass is 9.95. The van der Waals surface area contributed by atoms with E-state index in [1.165, 1.54) is 12.8 Å². The third-order valence-corrected chi connectivity index (χ3v) is 4.38. The molecule has 0 saturated carbocycles. The van der Waals surface area contributed by atoms with Crippen LogP contribution in [-0.2, 0) is 0 Å². The number of nitrogens with zero attached hydrogens (tertiary/aromatic N) is 2. The van der Waals surface area contributed by atoms with Gasteiger partial charge in [0.25, 0.3) is 0 Å². The van der Waals surface area contributed by atoms with Crippen molar-refractivity contribution < 1.29 is 0 Å². The molecule has 3 N–H and O–H groups in total. The smallest absolute Gasteiger partial charge is 0.128 e. The highest BCUT2D eigenvalue weighted by Gasteiger charge is 2.21. The molecule has 0 aliphatic carbocycles. The molecule has 20 heavy (non-hydrogen) atoms. The predicted octanol–water partition coefficient (Wildman–Crippen LogP) is 1.87. The normalized spacial score (nSPS) is 18.5. The van der Waals surface area contributed by atoms with Gasteiger partial charge in [0.1, 0.15) is 5.82 Å². The number of pyridine rings is 1. The van der Waals surface area contributed by atoms with E-state index in [9.17, 15) is 0 Å². The Morgan fingerprint density at radius 3 is 2.65 bits per heavy atom. The Balaban J connectivity index is 1.74. The standard InChI is InChI=1S/C16H28N4/c1-13(2)14(11-17)12-19-15-6-9-20(10-7-15)16-5-3-4-8-18-16/h3-5,8,13-15,19H,6-7,9-12,17H2,1-2H3. The van der Waals surface area contributed by atoms with E-state index < -0.39 is 0 Å². The van der Waals surface area contributed by atoms with Crippen LogP contribution < -0.4 is 16.0 Å². The Bertz CT molecular complexity index is 371. The number of piperidine rings is 1. The minimum Gasteiger partial charge on any atom is -0.357 e. The van der Waals surface area contributed by atoms with Crippen molar-refractivity contribution in [3.05, 3.63) is 24.4 Å². The van der Waals surface area contributed by atoms with Crippen molar-refractivity contribution in [3.63, 3.8) is 0 Å². The second kappa shape index (κ2) is 7.60. The Morgan fingerprint density at radius 1 is 1.35 bits per heavy atom. The molecule has 1 unspecified atom stereocenters. The molecule has 112 valence electrons. The summed E-state index contributed by atoms with van der Waals surface area (Å²) in [5.74, 6) is 2.35. The zero-order valence-corrected chi connectivity index (χ0v) is 12.8. The molecule has 0 spiro atoms. The van der Waals surface area contributed by atoms with Gasteiger partial charge in [-0.2, -0.15) is 0 Å². The average molecular weight is 276 g/mol. The molecule has 1 atom stereocenters. The Morgan fingerprint density at radius 2 is 2.10 bits per heavy atom. The molecule has 1 saturated heterocycles. The van der Waals surface area contributed by atoms with Crippen LogP contribution in [0.3, 0.4) is 0 Å². The summed E-state index contributed by atoms with van der Waals surface area (Å²) in [6, 6.07) is 6.75. The summed E-state index contributed by atoms with van der Waals surface area (Å²) < 4.78 is 0. The minimum atomic E-state index is 0.587. The maximum Gasteiger partial charge on any atom is 0.128 e. The largest absolute Gasteiger partial charge is 0.357 e. The van der Waals surface area contributed by atoms with Crippen LogP contribution in [0.1, 0.15) is 26.7 Å². The van der Waals surface area contributed by atoms with Gasteiger partial charge in [0.2, 0.25) is 0 Å². The van der Waals surface area contributed by atoms with E-state index in [4.69, 9.17) is 5.73 Å². The fraction of sp³-hybridized carbons (Fsp3) is 0.688. The molecule has 1 aliphatic heterocycles. The minimum absolute atomic E-state index is 0.587. The number of hydrogen-bond donors (Lipinski definition) is 2. The topological polar surface area (TPSA) is 54.2 Å². The molecular formula is C16H28N4. The average Bonchev–Trinajstić information content (AvgIpc) is 2.49. The molecule has 0 amide bonds. The van der Waals surface area contributed by atoms with Gasteiger partial charge in [0.15, 0.2) is 0 Å². The molecule has 2 rings (SSSR count). The summed E-state index contributed by atoms with van der Waals surface area (Å²) in [6.07, 6.45) is 4.24. The molecule has 4 nitrogen and oxygen atoms in total. The molecule has 0 bridgehead atoms. The van der Waals surface area contributed by atoms with E-state index in [2.05, 4.69) is 41.2 Å². The van der Waals surface area contributed by atoms with Crippen molar-refractivity contribution in [3.8, 4) is 0 Å². The Kier molecular flexibility index (Phi) is 5.80. The van der Waals surface area contributed by atoms with Gasteiger partial charge in [0, 0.05) is 25.3 Å². The zero-order valence-electron chi connectivity index (χ0n) is 12.8. The van der Waals surface area contributed by atoms with Crippen LogP contribution in [0.4, 0.5) is 5.82 Å². The van der Waals surface area contributed by atoms with Crippen molar-refractivity contribution in [2.24, 2.45) is 17.6 Å². The van der Waals surface area contributed by atoms with Crippen molar-refractivity contribution >= 4 is 5.82 Å². The van der Waals surface area contributed by atoms with E-state index in [1.807, 2.05) is 12.3 Å². The van der Waals surface area contributed by atoms with Crippen LogP contribution >= 0.6 is 0 Å². The van der Waals surface area contributed by atoms with Gasteiger partial charge in [0.05, 0.1) is 0 Å². The molecule has 1 aromatic heterocycles. The number of rotatable bonds is 6. The third-order valence-electron chi connectivity index (χ3n) is 4.38. The summed E-state index contributed by atoms with van der Waals surface area (Å²) in [5.41, 5.74) is 5.83. The molecular weight excluding hydrogens is 248 g/mol. The van der Waals surface area contributed by atoms with Gasteiger partial charge in [-0.05, 0) is 49.9 Å². The fourth-order valence-corrected chi connectivity index (χ4v) is 2.76. The van der Waals surface area contributed by atoms with Crippen LogP contribution in [0.25, 0.3) is 0 Å². The third kappa shape index (κ3) is 4.18. The highest BCUT2D eigenvalue weighted by atomic mass is 15.2. The SMILES string of the molecule is CC(C)C(CN)CNC1CCN(c2ccccn2)CC1. The molecule has 0 aromatic carbocycles. The highest BCUT2D eigenvalue weighted by molar-refractivity contribution is 5.38. The van der Waals surface area contributed by atoms with E-state index in [0.717, 1.165) is 32.0 Å². The molecule has 0 radical (unpaired) electrons. The number of hydrogen-bond acceptors (Lipinski definition) is 4. The van der Waals surface area contributed by atoms with Crippen LogP contribution in [-0.4, -0.2) is 37.2 Å². The van der Waals surface area contributed by atoms with Crippen LogP contribution in [0.15, 0.2) is 24.4 Å². The first-order valence-electron chi connectivity index (χ1n) is 7.80. The summed E-state index contributed by atoms with van der Waals surface area (Å²) >= 11 is 0. The quantitative estimate of drug-likeness (QED) is 0.833. The number of nitrogens with two attached hydrogens (primary N) is 1. The Hall–Kier alpha value is -1.13. The first-order valence-corrected chi connectivity index (χ1v) is 7.80. The maximum atomic E-state index is 5.83. The lowest BCUT2D eigenvalue weighted by Crippen LogP contribution is -2.45. The van der Waals surface area contributed by atoms with E-state index in [0.29, 0.717) is 17.9 Å². The van der Waals surface area contributed by atoms with E-state index >= 15 is 0 Å². The van der Waals surface area contributed by atoms with Crippen molar-refractivity contribution in [1.82, 2.24) is 10.3 Å². The van der Waals surface area contributed by atoms with Crippen LogP contribution in [0, 0.1) is 11.8 Å². The summed E-state index contributed by atoms with van der Waals surface area (Å²) in [4.78, 5) is 6.80. The van der Waals surface area contributed by atoms with Crippen LogP contribution in [0.5, 0.6) is 0 Å². The summed E-state index contributed by atoms with van der Waals surface area (Å²) in [5, 5.41) is 3.70. The van der Waals surface area contributed by atoms with Gasteiger partial charge >= 0.3 is 0 Å². The molecule has 1 fully saturated rings. The van der Waals surface area contributed by atoms with Gasteiger partial charge < -0.3 is 16.0 Å². The predicted molar refractivity (Wildman–Crippen MR) is 84.9 cm³/mol. The first kappa shape index (κ1) is 15.3. The van der Waals surface area contributed by atoms with Gasteiger partial charge in [-0.15, -0.1) is 0 Å². The van der Waals surface area contributed by atoms with Crippen molar-refractivity contribution in [2.45, 2.75) is 32.7 Å². The van der Waals surface area contributed by atoms with Gasteiger partial charge in [-0.1, -0.05) is 19.9 Å². The highest BCUT2D eigenvalue weighted by Crippen LogP contribution is 2.17. The second-order valence-electron chi connectivity index (χ2n) is 6.10. The molecule has 1 aromatic rings. The van der Waals surface area contributed by atoms with Crippen molar-refractivity contribution in [2.75, 3.05) is 31.1 Å². The number of nitrogens with one attached hydrogen (secondary N) is 1. The maximum absolute atomic E-state index is 5.83. The summed E-state index contributed by atoms with van der Waals surface area (Å²) in [6.45, 7) is 8.50. The molecule has 4 heteroatoms. The lowest BCUT2D eigenvalue weighted by molar-refractivity contribution is 0.327. The van der Waals surface area contributed by atoms with E-state index in [1.54, 1.807) is 0 Å². The summed E-state index contributed by atoms with van der Waals surface area (Å²) in [7, 11) is 0. The van der Waals surface area contributed by atoms with Crippen LogP contribution in [0.2, 0.25) is 0 Å². The van der Waals surface area contributed by atoms with Gasteiger partial charge in [-0.25, -0.2) is 4.98 Å². The number of anilines is 1. The zero-order chi connectivity index (χ0) is 14.4. The fourth-order valence-electron chi connectivity index (χ4n) is 2.76. The monoisotopic (exact) mass is 276 g/mol. The Labute approximate surface area is 122 Å². The number of aromatic nitrogens is 1. The molecule has 1 aliphatic rings. The van der Waals surface area contributed by atoms with Crippen molar-refractivity contribution in [1.29, 1.82) is 0 Å².